The van der Waals surface area contributed by atoms with Crippen molar-refractivity contribution in [1.82, 2.24) is 9.97 Å². The number of nitrogens with one attached hydrogen (secondary N) is 2. The molecule has 0 spiro atoms. The Hall–Kier alpha value is -3.35. The highest BCUT2D eigenvalue weighted by atomic mass is 19.2. The molecule has 2 aromatic carbocycles. The predicted octanol–water partition coefficient (Wildman–Crippen LogP) is 4.90. The lowest BCUT2D eigenvalue weighted by molar-refractivity contribution is 0.449. The molecule has 1 heterocycles. The molecule has 0 bridgehead atoms. The fourth-order valence-corrected chi connectivity index (χ4v) is 2.26. The average molecular weight is 356 g/mol. The van der Waals surface area contributed by atoms with Crippen molar-refractivity contribution < 1.29 is 13.2 Å². The van der Waals surface area contributed by atoms with Crippen LogP contribution in [0.3, 0.4) is 0 Å². The summed E-state index contributed by atoms with van der Waals surface area (Å²) in [6.07, 6.45) is 1.66. The molecule has 0 radical (unpaired) electrons. The molecule has 26 heavy (non-hydrogen) atoms. The highest BCUT2D eigenvalue weighted by Crippen LogP contribution is 2.26. The van der Waals surface area contributed by atoms with Crippen molar-refractivity contribution >= 4 is 17.3 Å². The summed E-state index contributed by atoms with van der Waals surface area (Å²) in [5, 5.41) is 5.70. The Bertz CT molecular complexity index is 930. The first kappa shape index (κ1) is 17.5. The van der Waals surface area contributed by atoms with Crippen LogP contribution in [0.2, 0.25) is 0 Å². The van der Waals surface area contributed by atoms with E-state index < -0.39 is 17.5 Å². The molecule has 0 unspecified atom stereocenters. The smallest absolute Gasteiger partial charge is 0.196 e. The largest absolute Gasteiger partial charge is 0.366 e. The van der Waals surface area contributed by atoms with E-state index in [9.17, 15) is 13.2 Å². The molecule has 0 saturated carbocycles. The number of hydrogen-bond acceptors (Lipinski definition) is 4. The molecule has 0 fully saturated rings. The van der Waals surface area contributed by atoms with Crippen molar-refractivity contribution in [1.29, 1.82) is 0 Å². The fourth-order valence-electron chi connectivity index (χ4n) is 2.26. The number of hydrogen-bond donors (Lipinski definition) is 2. The molecule has 0 aliphatic carbocycles. The lowest BCUT2D eigenvalue weighted by atomic mass is 10.2. The van der Waals surface area contributed by atoms with E-state index in [1.54, 1.807) is 6.08 Å². The van der Waals surface area contributed by atoms with Gasteiger partial charge in [0.2, 0.25) is 0 Å². The van der Waals surface area contributed by atoms with Crippen molar-refractivity contribution in [3.63, 3.8) is 0 Å². The SMILES string of the molecule is C=CCNc1cc(Nc2ccc(F)c(F)c2F)nc(-c2ccccc2)n1. The molecular formula is C19H15F3N4. The monoisotopic (exact) mass is 356 g/mol. The summed E-state index contributed by atoms with van der Waals surface area (Å²) in [7, 11) is 0. The van der Waals surface area contributed by atoms with Gasteiger partial charge in [0, 0.05) is 18.2 Å². The molecule has 3 rings (SSSR count). The first-order valence-corrected chi connectivity index (χ1v) is 7.78. The second kappa shape index (κ2) is 7.69. The van der Waals surface area contributed by atoms with Crippen molar-refractivity contribution in [2.24, 2.45) is 0 Å². The van der Waals surface area contributed by atoms with Gasteiger partial charge < -0.3 is 10.6 Å². The molecule has 1 aromatic heterocycles. The van der Waals surface area contributed by atoms with Gasteiger partial charge in [-0.15, -0.1) is 6.58 Å². The third-order valence-electron chi connectivity index (χ3n) is 3.48. The maximum Gasteiger partial charge on any atom is 0.196 e. The lowest BCUT2D eigenvalue weighted by Crippen LogP contribution is -2.06. The summed E-state index contributed by atoms with van der Waals surface area (Å²) in [5.74, 6) is -3.01. The third-order valence-corrected chi connectivity index (χ3v) is 3.48. The van der Waals surface area contributed by atoms with Crippen molar-refractivity contribution in [3.8, 4) is 11.4 Å². The van der Waals surface area contributed by atoms with Gasteiger partial charge in [-0.1, -0.05) is 36.4 Å². The number of benzene rings is 2. The van der Waals surface area contributed by atoms with Crippen LogP contribution in [0.5, 0.6) is 0 Å². The number of anilines is 3. The van der Waals surface area contributed by atoms with Crippen LogP contribution in [0.15, 0.2) is 61.2 Å². The topological polar surface area (TPSA) is 49.8 Å². The van der Waals surface area contributed by atoms with Gasteiger partial charge in [-0.05, 0) is 12.1 Å². The molecule has 3 aromatic rings. The zero-order valence-corrected chi connectivity index (χ0v) is 13.6. The van der Waals surface area contributed by atoms with Crippen LogP contribution in [0.4, 0.5) is 30.5 Å². The van der Waals surface area contributed by atoms with Crippen molar-refractivity contribution in [3.05, 3.63) is 78.6 Å². The summed E-state index contributed by atoms with van der Waals surface area (Å²) >= 11 is 0. The van der Waals surface area contributed by atoms with E-state index in [2.05, 4.69) is 27.2 Å². The Morgan fingerprint density at radius 3 is 2.38 bits per heavy atom. The second-order valence-electron chi connectivity index (χ2n) is 5.35. The molecule has 4 nitrogen and oxygen atoms in total. The molecule has 0 aliphatic heterocycles. The quantitative estimate of drug-likeness (QED) is 0.487. The molecule has 7 heteroatoms. The van der Waals surface area contributed by atoms with Crippen LogP contribution < -0.4 is 10.6 Å². The summed E-state index contributed by atoms with van der Waals surface area (Å²) in [6.45, 7) is 4.09. The van der Waals surface area contributed by atoms with E-state index in [0.29, 0.717) is 18.2 Å². The Balaban J connectivity index is 2.00. The second-order valence-corrected chi connectivity index (χ2v) is 5.35. The Morgan fingerprint density at radius 1 is 0.923 bits per heavy atom. The lowest BCUT2D eigenvalue weighted by Gasteiger charge is -2.12. The minimum atomic E-state index is -1.54. The fraction of sp³-hybridized carbons (Fsp3) is 0.0526. The molecule has 0 atom stereocenters. The van der Waals surface area contributed by atoms with Gasteiger partial charge in [0.15, 0.2) is 23.3 Å². The summed E-state index contributed by atoms with van der Waals surface area (Å²) in [5.41, 5.74) is 0.528. The third kappa shape index (κ3) is 3.83. The van der Waals surface area contributed by atoms with Crippen LogP contribution in [-0.4, -0.2) is 16.5 Å². The van der Waals surface area contributed by atoms with Crippen LogP contribution in [-0.2, 0) is 0 Å². The maximum atomic E-state index is 13.9. The van der Waals surface area contributed by atoms with Crippen LogP contribution in [0.1, 0.15) is 0 Å². The minimum Gasteiger partial charge on any atom is -0.366 e. The molecule has 0 aliphatic rings. The normalized spacial score (nSPS) is 10.4. The van der Waals surface area contributed by atoms with Gasteiger partial charge in [0.1, 0.15) is 11.6 Å². The number of aromatic nitrogens is 2. The molecule has 132 valence electrons. The van der Waals surface area contributed by atoms with E-state index in [1.807, 2.05) is 30.3 Å². The summed E-state index contributed by atoms with van der Waals surface area (Å²) in [6, 6.07) is 12.7. The van der Waals surface area contributed by atoms with Crippen LogP contribution >= 0.6 is 0 Å². The minimum absolute atomic E-state index is 0.226. The highest BCUT2D eigenvalue weighted by Gasteiger charge is 2.15. The number of halogens is 3. The molecule has 0 saturated heterocycles. The van der Waals surface area contributed by atoms with E-state index in [4.69, 9.17) is 0 Å². The first-order valence-electron chi connectivity index (χ1n) is 7.78. The van der Waals surface area contributed by atoms with Crippen LogP contribution in [0, 0.1) is 17.5 Å². The Kier molecular flexibility index (Phi) is 5.17. The predicted molar refractivity (Wildman–Crippen MR) is 95.8 cm³/mol. The van der Waals surface area contributed by atoms with Crippen LogP contribution in [0.25, 0.3) is 11.4 Å². The maximum absolute atomic E-state index is 13.9. The van der Waals surface area contributed by atoms with E-state index in [0.717, 1.165) is 17.7 Å². The van der Waals surface area contributed by atoms with Gasteiger partial charge in [0.05, 0.1) is 5.69 Å². The Morgan fingerprint density at radius 2 is 1.65 bits per heavy atom. The zero-order valence-electron chi connectivity index (χ0n) is 13.6. The Labute approximate surface area is 148 Å². The standard InChI is InChI=1S/C19H15F3N4/c1-2-10-23-15-11-16(24-14-9-8-13(20)17(21)18(14)22)26-19(25-15)12-6-4-3-5-7-12/h2-9,11H,1,10H2,(H2,23,24,25,26). The van der Waals surface area contributed by atoms with Crippen molar-refractivity contribution in [2.45, 2.75) is 0 Å². The van der Waals surface area contributed by atoms with Gasteiger partial charge in [0.25, 0.3) is 0 Å². The highest BCUT2D eigenvalue weighted by molar-refractivity contribution is 5.65. The van der Waals surface area contributed by atoms with Gasteiger partial charge in [-0.25, -0.2) is 23.1 Å². The van der Waals surface area contributed by atoms with Crippen molar-refractivity contribution in [2.75, 3.05) is 17.2 Å². The van der Waals surface area contributed by atoms with Gasteiger partial charge in [-0.2, -0.15) is 0 Å². The van der Waals surface area contributed by atoms with E-state index in [1.165, 1.54) is 6.07 Å². The van der Waals surface area contributed by atoms with Gasteiger partial charge in [-0.3, -0.25) is 0 Å². The average Bonchev–Trinajstić information content (AvgIpc) is 2.67. The zero-order chi connectivity index (χ0) is 18.5. The summed E-state index contributed by atoms with van der Waals surface area (Å²) < 4.78 is 40.5. The van der Waals surface area contributed by atoms with E-state index >= 15 is 0 Å². The molecule has 2 N–H and O–H groups in total. The molecule has 0 amide bonds. The first-order chi connectivity index (χ1) is 12.6. The number of nitrogens with zero attached hydrogens (tertiary/aromatic N) is 2. The van der Waals surface area contributed by atoms with Gasteiger partial charge >= 0.3 is 0 Å². The number of rotatable bonds is 6. The van der Waals surface area contributed by atoms with E-state index in [-0.39, 0.29) is 11.5 Å². The molecular weight excluding hydrogens is 341 g/mol. The summed E-state index contributed by atoms with van der Waals surface area (Å²) in [4.78, 5) is 8.73.